The first-order chi connectivity index (χ1) is 7.36. The summed E-state index contributed by atoms with van der Waals surface area (Å²) in [5.41, 5.74) is 0. The molecule has 0 aliphatic heterocycles. The smallest absolute Gasteiger partial charge is 0.315 e. The van der Waals surface area contributed by atoms with Crippen molar-refractivity contribution in [3.8, 4) is 5.88 Å². The molecule has 3 heteroatoms. The van der Waals surface area contributed by atoms with E-state index < -0.39 is 0 Å². The highest BCUT2D eigenvalue weighted by molar-refractivity contribution is 5.74. The third-order valence-electron chi connectivity index (χ3n) is 2.78. The van der Waals surface area contributed by atoms with Crippen LogP contribution >= 0.6 is 0 Å². The van der Waals surface area contributed by atoms with E-state index in [1.54, 1.807) is 18.3 Å². The van der Waals surface area contributed by atoms with Crippen molar-refractivity contribution < 1.29 is 9.53 Å². The predicted molar refractivity (Wildman–Crippen MR) is 56.4 cm³/mol. The second-order valence-electron chi connectivity index (χ2n) is 3.92. The van der Waals surface area contributed by atoms with Gasteiger partial charge in [-0.15, -0.1) is 0 Å². The Balaban J connectivity index is 1.91. The molecule has 1 saturated carbocycles. The Morgan fingerprint density at radius 3 is 2.73 bits per heavy atom. The maximum absolute atomic E-state index is 11.7. The van der Waals surface area contributed by atoms with Gasteiger partial charge in [-0.05, 0) is 18.9 Å². The number of pyridine rings is 1. The maximum atomic E-state index is 11.7. The quantitative estimate of drug-likeness (QED) is 0.696. The molecule has 1 aliphatic rings. The van der Waals surface area contributed by atoms with Crippen LogP contribution in [-0.2, 0) is 4.79 Å². The first-order valence-corrected chi connectivity index (χ1v) is 5.49. The summed E-state index contributed by atoms with van der Waals surface area (Å²) in [6.45, 7) is 0. The van der Waals surface area contributed by atoms with Crippen LogP contribution in [0.3, 0.4) is 0 Å². The number of rotatable bonds is 2. The molecule has 1 aromatic heterocycles. The van der Waals surface area contributed by atoms with Gasteiger partial charge in [0.1, 0.15) is 0 Å². The molecule has 3 nitrogen and oxygen atoms in total. The summed E-state index contributed by atoms with van der Waals surface area (Å²) in [6.07, 6.45) is 7.08. The minimum atomic E-state index is -0.117. The molecular formula is C12H15NO2. The van der Waals surface area contributed by atoms with E-state index in [1.165, 1.54) is 6.42 Å². The van der Waals surface area contributed by atoms with Crippen LogP contribution in [0.4, 0.5) is 0 Å². The van der Waals surface area contributed by atoms with Crippen LogP contribution < -0.4 is 4.74 Å². The zero-order valence-electron chi connectivity index (χ0n) is 8.69. The number of carbonyl (C=O) groups is 1. The van der Waals surface area contributed by atoms with Crippen molar-refractivity contribution in [2.75, 3.05) is 0 Å². The number of nitrogens with zero attached hydrogens (tertiary/aromatic N) is 1. The van der Waals surface area contributed by atoms with Crippen molar-refractivity contribution in [2.24, 2.45) is 5.92 Å². The topological polar surface area (TPSA) is 39.2 Å². The second kappa shape index (κ2) is 4.91. The molecule has 0 bridgehead atoms. The van der Waals surface area contributed by atoms with E-state index in [4.69, 9.17) is 4.74 Å². The van der Waals surface area contributed by atoms with Crippen LogP contribution in [0.1, 0.15) is 32.1 Å². The van der Waals surface area contributed by atoms with Gasteiger partial charge in [-0.25, -0.2) is 4.98 Å². The highest BCUT2D eigenvalue weighted by Gasteiger charge is 2.23. The van der Waals surface area contributed by atoms with E-state index in [0.717, 1.165) is 25.7 Å². The highest BCUT2D eigenvalue weighted by Crippen LogP contribution is 2.24. The lowest BCUT2D eigenvalue weighted by Gasteiger charge is -2.19. The van der Waals surface area contributed by atoms with Crippen LogP contribution in [0.5, 0.6) is 5.88 Å². The molecular weight excluding hydrogens is 190 g/mol. The number of ether oxygens (including phenoxy) is 1. The Bertz CT molecular complexity index is 318. The molecule has 0 atom stereocenters. The SMILES string of the molecule is O=C(Oc1ccccn1)C1CCCCC1. The van der Waals surface area contributed by atoms with Crippen LogP contribution in [0, 0.1) is 5.92 Å². The summed E-state index contributed by atoms with van der Waals surface area (Å²) in [5, 5.41) is 0. The molecule has 80 valence electrons. The van der Waals surface area contributed by atoms with E-state index in [9.17, 15) is 4.79 Å². The molecule has 0 N–H and O–H groups in total. The average Bonchev–Trinajstić information content (AvgIpc) is 2.31. The molecule has 0 spiro atoms. The molecule has 1 aliphatic carbocycles. The molecule has 2 rings (SSSR count). The van der Waals surface area contributed by atoms with Gasteiger partial charge in [0.25, 0.3) is 0 Å². The largest absolute Gasteiger partial charge is 0.407 e. The summed E-state index contributed by atoms with van der Waals surface area (Å²) in [4.78, 5) is 15.7. The molecule has 0 unspecified atom stereocenters. The van der Waals surface area contributed by atoms with Crippen LogP contribution in [0.2, 0.25) is 0 Å². The monoisotopic (exact) mass is 205 g/mol. The third-order valence-corrected chi connectivity index (χ3v) is 2.78. The number of esters is 1. The van der Waals surface area contributed by atoms with E-state index in [2.05, 4.69) is 4.98 Å². The summed E-state index contributed by atoms with van der Waals surface area (Å²) >= 11 is 0. The van der Waals surface area contributed by atoms with Crippen molar-refractivity contribution in [1.82, 2.24) is 4.98 Å². The summed E-state index contributed by atoms with van der Waals surface area (Å²) in [5.74, 6) is 0.377. The lowest BCUT2D eigenvalue weighted by molar-refractivity contribution is -0.140. The third kappa shape index (κ3) is 2.78. The van der Waals surface area contributed by atoms with Crippen molar-refractivity contribution in [3.05, 3.63) is 24.4 Å². The van der Waals surface area contributed by atoms with Crippen molar-refractivity contribution in [2.45, 2.75) is 32.1 Å². The lowest BCUT2D eigenvalue weighted by atomic mass is 9.89. The van der Waals surface area contributed by atoms with E-state index >= 15 is 0 Å². The van der Waals surface area contributed by atoms with Gasteiger partial charge in [0, 0.05) is 12.3 Å². The van der Waals surface area contributed by atoms with E-state index in [1.807, 2.05) is 6.07 Å². The zero-order chi connectivity index (χ0) is 10.5. The summed E-state index contributed by atoms with van der Waals surface area (Å²) < 4.78 is 5.20. The van der Waals surface area contributed by atoms with Gasteiger partial charge < -0.3 is 4.74 Å². The minimum absolute atomic E-state index is 0.0840. The van der Waals surface area contributed by atoms with E-state index in [0.29, 0.717) is 5.88 Å². The molecule has 0 radical (unpaired) electrons. The predicted octanol–water partition coefficient (Wildman–Crippen LogP) is 2.57. The van der Waals surface area contributed by atoms with Gasteiger partial charge in [0.15, 0.2) is 0 Å². The summed E-state index contributed by atoms with van der Waals surface area (Å²) in [6, 6.07) is 5.33. The van der Waals surface area contributed by atoms with Crippen LogP contribution in [0.25, 0.3) is 0 Å². The van der Waals surface area contributed by atoms with Crippen molar-refractivity contribution in [3.63, 3.8) is 0 Å². The fourth-order valence-corrected chi connectivity index (χ4v) is 1.93. The fraction of sp³-hybridized carbons (Fsp3) is 0.500. The van der Waals surface area contributed by atoms with Crippen LogP contribution in [0.15, 0.2) is 24.4 Å². The highest BCUT2D eigenvalue weighted by atomic mass is 16.5. The van der Waals surface area contributed by atoms with Gasteiger partial charge in [-0.3, -0.25) is 4.79 Å². The molecule has 0 amide bonds. The molecule has 0 aromatic carbocycles. The Hall–Kier alpha value is -1.38. The number of hydrogen-bond acceptors (Lipinski definition) is 3. The zero-order valence-corrected chi connectivity index (χ0v) is 8.69. The normalized spacial score (nSPS) is 17.3. The fourth-order valence-electron chi connectivity index (χ4n) is 1.93. The van der Waals surface area contributed by atoms with Gasteiger partial charge in [0.05, 0.1) is 5.92 Å². The average molecular weight is 205 g/mol. The molecule has 0 saturated heterocycles. The first kappa shape index (κ1) is 10.1. The Morgan fingerprint density at radius 2 is 2.07 bits per heavy atom. The van der Waals surface area contributed by atoms with Crippen molar-refractivity contribution in [1.29, 1.82) is 0 Å². The minimum Gasteiger partial charge on any atom is -0.407 e. The first-order valence-electron chi connectivity index (χ1n) is 5.49. The Labute approximate surface area is 89.5 Å². The number of aromatic nitrogens is 1. The van der Waals surface area contributed by atoms with Gasteiger partial charge in [0.2, 0.25) is 5.88 Å². The summed E-state index contributed by atoms with van der Waals surface area (Å²) in [7, 11) is 0. The molecule has 1 fully saturated rings. The van der Waals surface area contributed by atoms with Crippen molar-refractivity contribution >= 4 is 5.97 Å². The number of carbonyl (C=O) groups excluding carboxylic acids is 1. The van der Waals surface area contributed by atoms with Gasteiger partial charge in [-0.2, -0.15) is 0 Å². The van der Waals surface area contributed by atoms with Crippen LogP contribution in [-0.4, -0.2) is 11.0 Å². The Kier molecular flexibility index (Phi) is 3.33. The van der Waals surface area contributed by atoms with Gasteiger partial charge >= 0.3 is 5.97 Å². The maximum Gasteiger partial charge on any atom is 0.315 e. The molecule has 1 aromatic rings. The second-order valence-corrected chi connectivity index (χ2v) is 3.92. The standard InChI is InChI=1S/C12H15NO2/c14-12(10-6-2-1-3-7-10)15-11-8-4-5-9-13-11/h4-5,8-10H,1-3,6-7H2. The lowest BCUT2D eigenvalue weighted by Crippen LogP contribution is -2.23. The Morgan fingerprint density at radius 1 is 1.27 bits per heavy atom. The number of hydrogen-bond donors (Lipinski definition) is 0. The van der Waals surface area contributed by atoms with E-state index in [-0.39, 0.29) is 11.9 Å². The molecule has 15 heavy (non-hydrogen) atoms. The van der Waals surface area contributed by atoms with Gasteiger partial charge in [-0.1, -0.05) is 25.3 Å². The molecule has 1 heterocycles.